The molecule has 0 aromatic carbocycles. The van der Waals surface area contributed by atoms with Crippen molar-refractivity contribution >= 4 is 33.0 Å². The van der Waals surface area contributed by atoms with Gasteiger partial charge in [-0.3, -0.25) is 4.79 Å². The van der Waals surface area contributed by atoms with Gasteiger partial charge >= 0.3 is 0 Å². The van der Waals surface area contributed by atoms with Crippen molar-refractivity contribution in [3.63, 3.8) is 0 Å². The summed E-state index contributed by atoms with van der Waals surface area (Å²) < 4.78 is 1.01. The third kappa shape index (κ3) is 3.58. The Hall–Kier alpha value is -0.190. The van der Waals surface area contributed by atoms with Crippen molar-refractivity contribution in [2.45, 2.75) is 13.3 Å². The van der Waals surface area contributed by atoms with E-state index < -0.39 is 0 Å². The van der Waals surface area contributed by atoms with Gasteiger partial charge in [-0.2, -0.15) is 0 Å². The Bertz CT molecular complexity index is 285. The van der Waals surface area contributed by atoms with Crippen molar-refractivity contribution < 1.29 is 4.79 Å². The lowest BCUT2D eigenvalue weighted by molar-refractivity contribution is 0.0986. The lowest BCUT2D eigenvalue weighted by Crippen LogP contribution is -2.17. The second-order valence-electron chi connectivity index (χ2n) is 2.63. The van der Waals surface area contributed by atoms with E-state index in [1.54, 1.807) is 0 Å². The molecule has 4 heteroatoms. The molecule has 0 bridgehead atoms. The monoisotopic (exact) mass is 261 g/mol. The fraction of sp³-hybridized carbons (Fsp3) is 0.444. The van der Waals surface area contributed by atoms with Gasteiger partial charge in [-0.25, -0.2) is 0 Å². The summed E-state index contributed by atoms with van der Waals surface area (Å²) in [6.07, 6.45) is 0.584. The van der Waals surface area contributed by atoms with E-state index in [0.717, 1.165) is 21.8 Å². The summed E-state index contributed by atoms with van der Waals surface area (Å²) in [4.78, 5) is 12.3. The van der Waals surface area contributed by atoms with Crippen LogP contribution in [0.5, 0.6) is 0 Å². The molecule has 0 atom stereocenters. The molecule has 1 heterocycles. The average Bonchev–Trinajstić information content (AvgIpc) is 2.52. The highest BCUT2D eigenvalue weighted by Crippen LogP contribution is 2.22. The van der Waals surface area contributed by atoms with E-state index in [1.807, 2.05) is 19.1 Å². The van der Waals surface area contributed by atoms with Crippen LogP contribution in [-0.2, 0) is 0 Å². The molecule has 13 heavy (non-hydrogen) atoms. The zero-order chi connectivity index (χ0) is 9.68. The average molecular weight is 262 g/mol. The highest BCUT2D eigenvalue weighted by Gasteiger charge is 2.07. The highest BCUT2D eigenvalue weighted by atomic mass is 79.9. The van der Waals surface area contributed by atoms with Crippen LogP contribution in [0.2, 0.25) is 0 Å². The van der Waals surface area contributed by atoms with E-state index >= 15 is 0 Å². The molecule has 0 aliphatic carbocycles. The number of hydrogen-bond donors (Lipinski definition) is 1. The van der Waals surface area contributed by atoms with Gasteiger partial charge in [0.25, 0.3) is 0 Å². The molecule has 0 saturated carbocycles. The predicted molar refractivity (Wildman–Crippen MR) is 59.5 cm³/mol. The zero-order valence-corrected chi connectivity index (χ0v) is 9.87. The maximum Gasteiger partial charge on any atom is 0.174 e. The summed E-state index contributed by atoms with van der Waals surface area (Å²) in [6, 6.07) is 3.77. The third-order valence-corrected chi connectivity index (χ3v) is 3.29. The van der Waals surface area contributed by atoms with Crippen molar-refractivity contribution in [1.29, 1.82) is 0 Å². The number of hydrogen-bond acceptors (Lipinski definition) is 3. The van der Waals surface area contributed by atoms with Crippen molar-refractivity contribution in [3.05, 3.63) is 20.8 Å². The largest absolute Gasteiger partial charge is 0.317 e. The molecule has 1 N–H and O–H groups in total. The molecule has 0 amide bonds. The fourth-order valence-electron chi connectivity index (χ4n) is 0.966. The van der Waals surface area contributed by atoms with Crippen molar-refractivity contribution in [2.75, 3.05) is 13.1 Å². The van der Waals surface area contributed by atoms with Gasteiger partial charge in [0, 0.05) is 13.0 Å². The van der Waals surface area contributed by atoms with Crippen LogP contribution in [0, 0.1) is 0 Å². The molecule has 1 aromatic rings. The summed E-state index contributed by atoms with van der Waals surface area (Å²) in [5, 5.41) is 3.13. The van der Waals surface area contributed by atoms with E-state index in [4.69, 9.17) is 0 Å². The van der Waals surface area contributed by atoms with Crippen LogP contribution in [0.25, 0.3) is 0 Å². The van der Waals surface area contributed by atoms with Crippen LogP contribution < -0.4 is 5.32 Å². The molecule has 0 fully saturated rings. The van der Waals surface area contributed by atoms with Gasteiger partial charge < -0.3 is 5.32 Å². The molecule has 0 spiro atoms. The Balaban J connectivity index is 2.40. The second-order valence-corrected chi connectivity index (χ2v) is 5.09. The van der Waals surface area contributed by atoms with E-state index in [2.05, 4.69) is 21.2 Å². The Morgan fingerprint density at radius 3 is 2.92 bits per heavy atom. The summed E-state index contributed by atoms with van der Waals surface area (Å²) in [6.45, 7) is 3.72. The summed E-state index contributed by atoms with van der Waals surface area (Å²) >= 11 is 4.83. The quantitative estimate of drug-likeness (QED) is 0.653. The molecule has 0 radical (unpaired) electrons. The number of carbonyl (C=O) groups excluding carboxylic acids is 1. The molecule has 2 nitrogen and oxygen atoms in total. The van der Waals surface area contributed by atoms with Gasteiger partial charge in [0.05, 0.1) is 8.66 Å². The first-order valence-corrected chi connectivity index (χ1v) is 5.84. The molecule has 1 rings (SSSR count). The Labute approximate surface area is 90.5 Å². The number of carbonyl (C=O) groups is 1. The number of rotatable bonds is 5. The molecule has 0 saturated heterocycles. The minimum atomic E-state index is 0.219. The molecular weight excluding hydrogens is 250 g/mol. The van der Waals surface area contributed by atoms with Crippen LogP contribution in [0.3, 0.4) is 0 Å². The van der Waals surface area contributed by atoms with E-state index in [1.165, 1.54) is 11.3 Å². The number of ketones is 1. The highest BCUT2D eigenvalue weighted by molar-refractivity contribution is 9.11. The van der Waals surface area contributed by atoms with Gasteiger partial charge in [0.15, 0.2) is 5.78 Å². The van der Waals surface area contributed by atoms with Crippen LogP contribution in [0.4, 0.5) is 0 Å². The maximum absolute atomic E-state index is 11.5. The van der Waals surface area contributed by atoms with Crippen LogP contribution in [0.15, 0.2) is 15.9 Å². The van der Waals surface area contributed by atoms with E-state index in [0.29, 0.717) is 6.42 Å². The smallest absolute Gasteiger partial charge is 0.174 e. The molecular formula is C9H12BrNOS. The van der Waals surface area contributed by atoms with Crippen LogP contribution in [0.1, 0.15) is 23.0 Å². The zero-order valence-electron chi connectivity index (χ0n) is 7.47. The van der Waals surface area contributed by atoms with E-state index in [9.17, 15) is 4.79 Å². The van der Waals surface area contributed by atoms with Gasteiger partial charge in [-0.1, -0.05) is 6.92 Å². The lowest BCUT2D eigenvalue weighted by Gasteiger charge is -1.98. The molecule has 72 valence electrons. The van der Waals surface area contributed by atoms with Gasteiger partial charge in [0.1, 0.15) is 0 Å². The van der Waals surface area contributed by atoms with Crippen LogP contribution >= 0.6 is 27.3 Å². The minimum absolute atomic E-state index is 0.219. The van der Waals surface area contributed by atoms with Crippen molar-refractivity contribution in [3.8, 4) is 0 Å². The van der Waals surface area contributed by atoms with E-state index in [-0.39, 0.29) is 5.78 Å². The maximum atomic E-state index is 11.5. The summed E-state index contributed by atoms with van der Waals surface area (Å²) in [7, 11) is 0. The third-order valence-electron chi connectivity index (χ3n) is 1.63. The number of thiophene rings is 1. The summed E-state index contributed by atoms with van der Waals surface area (Å²) in [5.41, 5.74) is 0. The second kappa shape index (κ2) is 5.52. The van der Waals surface area contributed by atoms with Crippen molar-refractivity contribution in [1.82, 2.24) is 5.32 Å². The summed E-state index contributed by atoms with van der Waals surface area (Å²) in [5.74, 6) is 0.219. The normalized spacial score (nSPS) is 10.3. The standard InChI is InChI=1S/C9H12BrNOS/c1-2-11-6-5-7(12)8-3-4-9(10)13-8/h3-4,11H,2,5-6H2,1H3. The number of halogens is 1. The van der Waals surface area contributed by atoms with Gasteiger partial charge in [-0.05, 0) is 34.6 Å². The Morgan fingerprint density at radius 1 is 1.62 bits per heavy atom. The Morgan fingerprint density at radius 2 is 2.38 bits per heavy atom. The number of nitrogens with one attached hydrogen (secondary N) is 1. The first-order chi connectivity index (χ1) is 6.24. The van der Waals surface area contributed by atoms with Gasteiger partial charge in [0.2, 0.25) is 0 Å². The lowest BCUT2D eigenvalue weighted by atomic mass is 10.2. The minimum Gasteiger partial charge on any atom is -0.317 e. The first-order valence-electron chi connectivity index (χ1n) is 4.23. The molecule has 0 unspecified atom stereocenters. The van der Waals surface area contributed by atoms with Crippen molar-refractivity contribution in [2.24, 2.45) is 0 Å². The Kier molecular flexibility index (Phi) is 4.62. The molecule has 0 aliphatic rings. The SMILES string of the molecule is CCNCCC(=O)c1ccc(Br)s1. The fourth-order valence-corrected chi connectivity index (χ4v) is 2.32. The molecule has 0 aliphatic heterocycles. The first kappa shape index (κ1) is 10.9. The van der Waals surface area contributed by atoms with Gasteiger partial charge in [-0.15, -0.1) is 11.3 Å². The number of Topliss-reactive ketones (excluding diaryl/α,β-unsaturated/α-hetero) is 1. The van der Waals surface area contributed by atoms with Crippen LogP contribution in [-0.4, -0.2) is 18.9 Å². The topological polar surface area (TPSA) is 29.1 Å². The molecule has 1 aromatic heterocycles. The predicted octanol–water partition coefficient (Wildman–Crippen LogP) is 2.69.